The van der Waals surface area contributed by atoms with Crippen LogP contribution < -0.4 is 0 Å². The average Bonchev–Trinajstić information content (AvgIpc) is 1.99. The number of carbonyl (C=O) groups excluding carboxylic acids is 1. The van der Waals surface area contributed by atoms with E-state index in [-0.39, 0.29) is 11.9 Å². The van der Waals surface area contributed by atoms with Crippen LogP contribution >= 0.6 is 0 Å². The molecule has 0 N–H and O–H groups in total. The van der Waals surface area contributed by atoms with Gasteiger partial charge in [-0.15, -0.1) is 6.58 Å². The van der Waals surface area contributed by atoms with Gasteiger partial charge in [0.1, 0.15) is 5.60 Å². The predicted molar refractivity (Wildman–Crippen MR) is 59.0 cm³/mol. The third-order valence-corrected chi connectivity index (χ3v) is 2.46. The summed E-state index contributed by atoms with van der Waals surface area (Å²) in [4.78, 5) is 11.9. The Kier molecular flexibility index (Phi) is 3.92. The van der Waals surface area contributed by atoms with Gasteiger partial charge in [0.25, 0.3) is 0 Å². The van der Waals surface area contributed by atoms with E-state index in [1.165, 1.54) is 0 Å². The zero-order valence-corrected chi connectivity index (χ0v) is 10.2. The minimum atomic E-state index is -0.590. The molecule has 2 heteroatoms. The van der Waals surface area contributed by atoms with E-state index >= 15 is 0 Å². The van der Waals surface area contributed by atoms with Gasteiger partial charge in [0.05, 0.1) is 5.41 Å². The van der Waals surface area contributed by atoms with Crippen LogP contribution in [0.5, 0.6) is 0 Å². The van der Waals surface area contributed by atoms with Gasteiger partial charge in [0, 0.05) is 0 Å². The van der Waals surface area contributed by atoms with Crippen LogP contribution in [0.3, 0.4) is 0 Å². The highest BCUT2D eigenvalue weighted by Crippen LogP contribution is 2.31. The van der Waals surface area contributed by atoms with E-state index in [1.807, 2.05) is 41.5 Å². The average molecular weight is 198 g/mol. The molecule has 14 heavy (non-hydrogen) atoms. The van der Waals surface area contributed by atoms with Crippen molar-refractivity contribution in [2.75, 3.05) is 0 Å². The second-order valence-corrected chi connectivity index (χ2v) is 5.14. The van der Waals surface area contributed by atoms with Crippen molar-refractivity contribution in [2.24, 2.45) is 11.3 Å². The molecule has 0 saturated heterocycles. The molecular weight excluding hydrogens is 176 g/mol. The fourth-order valence-corrected chi connectivity index (χ4v) is 0.943. The van der Waals surface area contributed by atoms with Crippen LogP contribution in [0.2, 0.25) is 0 Å². The highest BCUT2D eigenvalue weighted by Gasteiger charge is 2.37. The second-order valence-electron chi connectivity index (χ2n) is 5.14. The van der Waals surface area contributed by atoms with Crippen molar-refractivity contribution in [1.29, 1.82) is 0 Å². The van der Waals surface area contributed by atoms with Crippen molar-refractivity contribution in [3.8, 4) is 0 Å². The summed E-state index contributed by atoms with van der Waals surface area (Å²) in [5.41, 5.74) is -1.02. The molecule has 1 unspecified atom stereocenters. The van der Waals surface area contributed by atoms with Crippen LogP contribution in [0.25, 0.3) is 0 Å². The molecule has 0 heterocycles. The first-order valence-electron chi connectivity index (χ1n) is 5.00. The molecule has 0 aromatic heterocycles. The molecule has 0 aliphatic heterocycles. The monoisotopic (exact) mass is 198 g/mol. The Labute approximate surface area is 87.3 Å². The van der Waals surface area contributed by atoms with Gasteiger partial charge in [-0.25, -0.2) is 0 Å². The lowest BCUT2D eigenvalue weighted by Gasteiger charge is -2.31. The Balaban J connectivity index is 4.73. The van der Waals surface area contributed by atoms with Gasteiger partial charge in [-0.2, -0.15) is 0 Å². The minimum absolute atomic E-state index is 0.190. The van der Waals surface area contributed by atoms with E-state index in [9.17, 15) is 4.79 Å². The Morgan fingerprint density at radius 2 is 1.71 bits per heavy atom. The first-order valence-corrected chi connectivity index (χ1v) is 5.00. The van der Waals surface area contributed by atoms with Crippen LogP contribution in [0.15, 0.2) is 12.7 Å². The van der Waals surface area contributed by atoms with Gasteiger partial charge < -0.3 is 4.74 Å². The zero-order chi connectivity index (χ0) is 11.6. The fourth-order valence-electron chi connectivity index (χ4n) is 0.943. The zero-order valence-electron chi connectivity index (χ0n) is 10.2. The summed E-state index contributed by atoms with van der Waals surface area (Å²) in [7, 11) is 0. The molecule has 0 amide bonds. The third kappa shape index (κ3) is 3.17. The molecule has 0 spiro atoms. The molecule has 0 aliphatic carbocycles. The molecule has 1 atom stereocenters. The van der Waals surface area contributed by atoms with E-state index in [4.69, 9.17) is 4.74 Å². The van der Waals surface area contributed by atoms with Crippen molar-refractivity contribution in [1.82, 2.24) is 0 Å². The van der Waals surface area contributed by atoms with Crippen LogP contribution in [0.4, 0.5) is 0 Å². The molecule has 0 aromatic rings. The maximum absolute atomic E-state index is 11.9. The van der Waals surface area contributed by atoms with Crippen molar-refractivity contribution < 1.29 is 9.53 Å². The van der Waals surface area contributed by atoms with E-state index in [0.717, 1.165) is 0 Å². The number of rotatable bonds is 3. The predicted octanol–water partition coefficient (Wildman–Crippen LogP) is 3.18. The van der Waals surface area contributed by atoms with Crippen molar-refractivity contribution in [3.05, 3.63) is 12.7 Å². The van der Waals surface area contributed by atoms with E-state index in [0.29, 0.717) is 0 Å². The first-order chi connectivity index (χ1) is 6.13. The lowest BCUT2D eigenvalue weighted by atomic mass is 9.79. The Hall–Kier alpha value is -0.790. The number of ether oxygens (including phenoxy) is 1. The lowest BCUT2D eigenvalue weighted by molar-refractivity contribution is -0.165. The highest BCUT2D eigenvalue weighted by molar-refractivity contribution is 5.79. The third-order valence-electron chi connectivity index (χ3n) is 2.46. The number of carbonyl (C=O) groups is 1. The highest BCUT2D eigenvalue weighted by atomic mass is 16.6. The lowest BCUT2D eigenvalue weighted by Crippen LogP contribution is -2.37. The molecule has 0 aromatic carbocycles. The maximum Gasteiger partial charge on any atom is 0.316 e. The molecule has 82 valence electrons. The van der Waals surface area contributed by atoms with Crippen LogP contribution in [-0.2, 0) is 9.53 Å². The number of hydrogen-bond acceptors (Lipinski definition) is 2. The molecule has 2 nitrogen and oxygen atoms in total. The summed E-state index contributed by atoms with van der Waals surface area (Å²) in [5.74, 6) is -0.00940. The van der Waals surface area contributed by atoms with Gasteiger partial charge in [0.15, 0.2) is 0 Å². The fraction of sp³-hybridized carbons (Fsp3) is 0.750. The standard InChI is InChI=1S/C12H22O2/c1-8-12(7,9(2)3)10(13)14-11(4,5)6/h8-9H,1H2,2-7H3. The van der Waals surface area contributed by atoms with Crippen molar-refractivity contribution >= 4 is 5.97 Å². The summed E-state index contributed by atoms with van der Waals surface area (Å²) >= 11 is 0. The van der Waals surface area contributed by atoms with E-state index < -0.39 is 11.0 Å². The molecule has 0 bridgehead atoms. The molecule has 0 fully saturated rings. The minimum Gasteiger partial charge on any atom is -0.459 e. The van der Waals surface area contributed by atoms with Gasteiger partial charge in [-0.1, -0.05) is 19.9 Å². The SMILES string of the molecule is C=CC(C)(C(=O)OC(C)(C)C)C(C)C. The Morgan fingerprint density at radius 3 is 1.93 bits per heavy atom. The first kappa shape index (κ1) is 13.2. The van der Waals surface area contributed by atoms with Crippen molar-refractivity contribution in [2.45, 2.75) is 47.1 Å². The van der Waals surface area contributed by atoms with Gasteiger partial charge in [0.2, 0.25) is 0 Å². The Morgan fingerprint density at radius 1 is 1.29 bits per heavy atom. The van der Waals surface area contributed by atoms with Gasteiger partial charge in [-0.3, -0.25) is 4.79 Å². The Bertz CT molecular complexity index is 223. The van der Waals surface area contributed by atoms with Gasteiger partial charge >= 0.3 is 5.97 Å². The van der Waals surface area contributed by atoms with Crippen molar-refractivity contribution in [3.63, 3.8) is 0 Å². The smallest absolute Gasteiger partial charge is 0.316 e. The van der Waals surface area contributed by atoms with E-state index in [1.54, 1.807) is 6.08 Å². The second kappa shape index (κ2) is 4.16. The van der Waals surface area contributed by atoms with Crippen LogP contribution in [-0.4, -0.2) is 11.6 Å². The summed E-state index contributed by atoms with van der Waals surface area (Å²) < 4.78 is 5.34. The topological polar surface area (TPSA) is 26.3 Å². The normalized spacial score (nSPS) is 16.2. The summed E-state index contributed by atoms with van der Waals surface area (Å²) in [6.45, 7) is 15.2. The largest absolute Gasteiger partial charge is 0.459 e. The number of esters is 1. The molecule has 0 saturated carbocycles. The molecule has 0 aliphatic rings. The maximum atomic E-state index is 11.9. The van der Waals surface area contributed by atoms with Crippen LogP contribution in [0, 0.1) is 11.3 Å². The summed E-state index contributed by atoms with van der Waals surface area (Å²) in [6, 6.07) is 0. The molecule has 0 radical (unpaired) electrons. The summed E-state index contributed by atoms with van der Waals surface area (Å²) in [6.07, 6.45) is 1.67. The summed E-state index contributed by atoms with van der Waals surface area (Å²) in [5, 5.41) is 0. The molecular formula is C12H22O2. The van der Waals surface area contributed by atoms with E-state index in [2.05, 4.69) is 6.58 Å². The number of hydrogen-bond donors (Lipinski definition) is 0. The van der Waals surface area contributed by atoms with Gasteiger partial charge in [-0.05, 0) is 33.6 Å². The molecule has 0 rings (SSSR count). The quantitative estimate of drug-likeness (QED) is 0.514. The van der Waals surface area contributed by atoms with Crippen LogP contribution in [0.1, 0.15) is 41.5 Å².